The fourth-order valence-corrected chi connectivity index (χ4v) is 11.1. The predicted octanol–water partition coefficient (Wildman–Crippen LogP) is 8.49. The number of carbonyl (C=O) groups excluding carboxylic acids is 2. The molecule has 2 aromatic rings. The second-order valence-corrected chi connectivity index (χ2v) is 16.2. The van der Waals surface area contributed by atoms with E-state index in [4.69, 9.17) is 10.5 Å². The van der Waals surface area contributed by atoms with Crippen LogP contribution in [0.3, 0.4) is 0 Å². The Bertz CT molecular complexity index is 1460. The van der Waals surface area contributed by atoms with Gasteiger partial charge in [0.25, 0.3) is 0 Å². The molecule has 0 heterocycles. The number of esters is 1. The van der Waals surface area contributed by atoms with Gasteiger partial charge in [0.2, 0.25) is 5.91 Å². The number of amides is 1. The maximum Gasteiger partial charge on any atom is 0.302 e. The summed E-state index contributed by atoms with van der Waals surface area (Å²) in [6.45, 7) is 12.8. The van der Waals surface area contributed by atoms with Crippen molar-refractivity contribution in [1.29, 1.82) is 0 Å². The Labute approximate surface area is 270 Å². The lowest BCUT2D eigenvalue weighted by Crippen LogP contribution is -2.54. The first-order valence-corrected chi connectivity index (χ1v) is 17.7. The molecule has 5 aliphatic rings. The molecule has 2 aromatic carbocycles. The minimum Gasteiger partial charge on any atom is -0.508 e. The summed E-state index contributed by atoms with van der Waals surface area (Å²) in [6, 6.07) is 13.0. The van der Waals surface area contributed by atoms with Crippen LogP contribution < -0.4 is 5.73 Å². The Kier molecular flexibility index (Phi) is 8.40. The molecule has 8 atom stereocenters. The summed E-state index contributed by atoms with van der Waals surface area (Å²) in [5.74, 6) is 3.07. The number of hydrogen-bond acceptors (Lipinski definition) is 4. The molecule has 0 aromatic heterocycles. The highest BCUT2D eigenvalue weighted by Gasteiger charge is 2.56. The number of hydrogen-bond donors (Lipinski definition) is 2. The number of fused-ring (bicyclic) bond motifs is 8. The van der Waals surface area contributed by atoms with Crippen LogP contribution in [0.4, 0.5) is 0 Å². The van der Waals surface area contributed by atoms with Crippen LogP contribution in [-0.2, 0) is 32.6 Å². The third-order valence-corrected chi connectivity index (χ3v) is 13.5. The minimum absolute atomic E-state index is 0.102. The number of aromatic hydroxyl groups is 1. The van der Waals surface area contributed by atoms with Crippen LogP contribution in [0.2, 0.25) is 0 Å². The Balaban J connectivity index is 0.000000159. The lowest BCUT2D eigenvalue weighted by Gasteiger charge is -2.54. The lowest BCUT2D eigenvalue weighted by atomic mass is 9.49. The van der Waals surface area contributed by atoms with Crippen LogP contribution in [0.15, 0.2) is 36.4 Å². The second kappa shape index (κ2) is 11.8. The van der Waals surface area contributed by atoms with E-state index < -0.39 is 0 Å². The maximum atomic E-state index is 12.2. The van der Waals surface area contributed by atoms with Crippen molar-refractivity contribution in [1.82, 2.24) is 0 Å². The van der Waals surface area contributed by atoms with Crippen LogP contribution in [0, 0.1) is 28.6 Å². The Morgan fingerprint density at radius 2 is 1.67 bits per heavy atom. The zero-order valence-corrected chi connectivity index (χ0v) is 28.5. The summed E-state index contributed by atoms with van der Waals surface area (Å²) in [4.78, 5) is 23.6. The Morgan fingerprint density at radius 1 is 0.911 bits per heavy atom. The fraction of sp³-hybridized carbons (Fsp3) is 0.650. The van der Waals surface area contributed by atoms with Gasteiger partial charge in [-0.3, -0.25) is 9.59 Å². The van der Waals surface area contributed by atoms with E-state index in [1.54, 1.807) is 0 Å². The van der Waals surface area contributed by atoms with Gasteiger partial charge < -0.3 is 15.6 Å². The number of aryl methyl sites for hydroxylation is 2. The van der Waals surface area contributed by atoms with Crippen molar-refractivity contribution in [2.75, 3.05) is 0 Å². The van der Waals surface area contributed by atoms with Crippen molar-refractivity contribution < 1.29 is 19.4 Å². The number of rotatable bonds is 3. The number of nitrogens with two attached hydrogens (primary N) is 1. The zero-order chi connectivity index (χ0) is 32.3. The van der Waals surface area contributed by atoms with E-state index in [0.29, 0.717) is 35.3 Å². The molecule has 244 valence electrons. The van der Waals surface area contributed by atoms with E-state index in [0.717, 1.165) is 44.9 Å². The summed E-state index contributed by atoms with van der Waals surface area (Å²) in [5.41, 5.74) is 12.9. The van der Waals surface area contributed by atoms with Crippen molar-refractivity contribution in [3.8, 4) is 5.75 Å². The first-order valence-electron chi connectivity index (χ1n) is 17.7. The monoisotopic (exact) mass is 613 g/mol. The van der Waals surface area contributed by atoms with Gasteiger partial charge in [0.05, 0.1) is 0 Å². The summed E-state index contributed by atoms with van der Waals surface area (Å²) in [6.07, 6.45) is 12.3. The number of ether oxygens (including phenoxy) is 1. The number of phenolic OH excluding ortho intramolecular Hbond substituents is 1. The molecule has 5 nitrogen and oxygen atoms in total. The molecule has 3 saturated carbocycles. The molecule has 1 amide bonds. The third kappa shape index (κ3) is 5.40. The number of primary amides is 1. The van der Waals surface area contributed by atoms with Gasteiger partial charge in [-0.15, -0.1) is 0 Å². The van der Waals surface area contributed by atoms with E-state index in [1.165, 1.54) is 60.4 Å². The average molecular weight is 614 g/mol. The van der Waals surface area contributed by atoms with Crippen molar-refractivity contribution >= 4 is 11.9 Å². The van der Waals surface area contributed by atoms with Crippen molar-refractivity contribution in [3.63, 3.8) is 0 Å². The molecule has 8 unspecified atom stereocenters. The molecule has 5 heteroatoms. The Hall–Kier alpha value is -2.82. The minimum atomic E-state index is -0.346. The standard InChI is InChI=1S/C20H29NO.C20H26O3/c1-13(2)14-6-8-16-15(12-14)7-9-17-19(16,3)10-5-11-20(17,4)18(21)22;1-12(21)23-19-8-7-18-17-5-3-13-11-14(22)4-6-15(13)16(17)9-10-20(18,19)2/h6,8,12-13,17H,5,7,9-11H2,1-4H3,(H2,21,22);4,6,11,16-19,22H,3,5,7-10H2,1-2H3. The number of carbonyl (C=O) groups is 2. The molecule has 0 radical (unpaired) electrons. The SMILES string of the molecule is CC(=O)OC1CCC2C3CCc4cc(O)ccc4C3CCC12C.CC(C)c1ccc2c(c1)CCC1C(C)(C(N)=O)CCCC21C. The highest BCUT2D eigenvalue weighted by atomic mass is 16.5. The molecular formula is C40H55NO4. The Morgan fingerprint density at radius 3 is 2.38 bits per heavy atom. The van der Waals surface area contributed by atoms with Gasteiger partial charge in [-0.05, 0) is 139 Å². The fourth-order valence-electron chi connectivity index (χ4n) is 11.1. The van der Waals surface area contributed by atoms with Gasteiger partial charge in [-0.25, -0.2) is 0 Å². The molecule has 0 aliphatic heterocycles. The molecule has 5 aliphatic carbocycles. The van der Waals surface area contributed by atoms with Gasteiger partial charge in [-0.1, -0.05) is 65.3 Å². The largest absolute Gasteiger partial charge is 0.508 e. The van der Waals surface area contributed by atoms with E-state index in [1.807, 2.05) is 12.1 Å². The van der Waals surface area contributed by atoms with Gasteiger partial charge in [0.1, 0.15) is 11.9 Å². The van der Waals surface area contributed by atoms with E-state index in [-0.39, 0.29) is 34.2 Å². The first-order chi connectivity index (χ1) is 21.3. The molecule has 3 N–H and O–H groups in total. The summed E-state index contributed by atoms with van der Waals surface area (Å²) in [7, 11) is 0. The summed E-state index contributed by atoms with van der Waals surface area (Å²) < 4.78 is 5.68. The van der Waals surface area contributed by atoms with Crippen molar-refractivity contribution in [2.24, 2.45) is 34.3 Å². The third-order valence-electron chi connectivity index (χ3n) is 13.5. The number of benzene rings is 2. The van der Waals surface area contributed by atoms with Gasteiger partial charge in [0, 0.05) is 17.8 Å². The van der Waals surface area contributed by atoms with Crippen LogP contribution >= 0.6 is 0 Å². The molecule has 0 spiro atoms. The van der Waals surface area contributed by atoms with Crippen LogP contribution in [-0.4, -0.2) is 23.1 Å². The molecule has 3 fully saturated rings. The van der Waals surface area contributed by atoms with Gasteiger partial charge >= 0.3 is 5.97 Å². The van der Waals surface area contributed by atoms with Crippen LogP contribution in [0.1, 0.15) is 139 Å². The van der Waals surface area contributed by atoms with Crippen molar-refractivity contribution in [2.45, 2.75) is 136 Å². The maximum absolute atomic E-state index is 12.2. The van der Waals surface area contributed by atoms with Gasteiger partial charge in [-0.2, -0.15) is 0 Å². The highest BCUT2D eigenvalue weighted by Crippen LogP contribution is 2.62. The van der Waals surface area contributed by atoms with E-state index >= 15 is 0 Å². The lowest BCUT2D eigenvalue weighted by molar-refractivity contribution is -0.154. The van der Waals surface area contributed by atoms with Crippen molar-refractivity contribution in [3.05, 3.63) is 64.2 Å². The summed E-state index contributed by atoms with van der Waals surface area (Å²) >= 11 is 0. The molecular weight excluding hydrogens is 558 g/mol. The second-order valence-electron chi connectivity index (χ2n) is 16.2. The smallest absolute Gasteiger partial charge is 0.302 e. The summed E-state index contributed by atoms with van der Waals surface area (Å²) in [5, 5.41) is 9.75. The van der Waals surface area contributed by atoms with E-state index in [2.05, 4.69) is 58.9 Å². The normalized spacial score (nSPS) is 36.3. The van der Waals surface area contributed by atoms with Crippen LogP contribution in [0.25, 0.3) is 0 Å². The average Bonchev–Trinajstić information content (AvgIpc) is 3.32. The van der Waals surface area contributed by atoms with Crippen LogP contribution in [0.5, 0.6) is 5.75 Å². The molecule has 7 rings (SSSR count). The van der Waals surface area contributed by atoms with E-state index in [9.17, 15) is 14.7 Å². The first kappa shape index (κ1) is 32.1. The number of phenols is 1. The topological polar surface area (TPSA) is 89.6 Å². The predicted molar refractivity (Wildman–Crippen MR) is 179 cm³/mol. The molecule has 45 heavy (non-hydrogen) atoms. The molecule has 0 saturated heterocycles. The highest BCUT2D eigenvalue weighted by molar-refractivity contribution is 5.81. The van der Waals surface area contributed by atoms with Gasteiger partial charge in [0.15, 0.2) is 0 Å². The quantitative estimate of drug-likeness (QED) is 0.340. The zero-order valence-electron chi connectivity index (χ0n) is 28.5. The molecule has 0 bridgehead atoms.